The lowest BCUT2D eigenvalue weighted by molar-refractivity contribution is -0.652. The van der Waals surface area contributed by atoms with Crippen LogP contribution in [0.3, 0.4) is 0 Å². The standard InChI is InChI=1S/C15H22N2O2/c1-13(2,3)19-12(18)17-5-15-9-6-10(15)8-11(15)7(9)14(6,8)4-16/h6-11H,4-5,16H2,1-3H3,(H,17,18). The number of carbonyl (C=O) groups is 1. The van der Waals surface area contributed by atoms with E-state index in [-0.39, 0.29) is 6.09 Å². The van der Waals surface area contributed by atoms with E-state index in [2.05, 4.69) is 5.32 Å². The monoisotopic (exact) mass is 262 g/mol. The zero-order valence-electron chi connectivity index (χ0n) is 11.8. The topological polar surface area (TPSA) is 64.3 Å². The van der Waals surface area contributed by atoms with E-state index >= 15 is 0 Å². The minimum absolute atomic E-state index is 0.255. The normalized spacial score (nSPS) is 60.6. The SMILES string of the molecule is CC(C)(C)OC(=O)NCC12C3C4C1C1C2C3C41CN. The Morgan fingerprint density at radius 1 is 1.11 bits per heavy atom. The van der Waals surface area contributed by atoms with Crippen molar-refractivity contribution in [1.29, 1.82) is 0 Å². The molecule has 0 aliphatic heterocycles. The van der Waals surface area contributed by atoms with E-state index in [4.69, 9.17) is 10.5 Å². The van der Waals surface area contributed by atoms with Crippen molar-refractivity contribution in [3.63, 3.8) is 0 Å². The summed E-state index contributed by atoms with van der Waals surface area (Å²) < 4.78 is 5.33. The summed E-state index contributed by atoms with van der Waals surface area (Å²) in [5.74, 6) is 5.47. The van der Waals surface area contributed by atoms with E-state index in [1.807, 2.05) is 20.8 Å². The Bertz CT molecular complexity index is 453. The Morgan fingerprint density at radius 3 is 2.00 bits per heavy atom. The van der Waals surface area contributed by atoms with Crippen molar-refractivity contribution >= 4 is 6.09 Å². The van der Waals surface area contributed by atoms with Gasteiger partial charge in [0.1, 0.15) is 5.60 Å². The van der Waals surface area contributed by atoms with Crippen LogP contribution in [-0.4, -0.2) is 24.8 Å². The molecular formula is C15H22N2O2. The smallest absolute Gasteiger partial charge is 0.407 e. The minimum atomic E-state index is -0.403. The van der Waals surface area contributed by atoms with Crippen LogP contribution in [0.1, 0.15) is 20.8 Å². The quantitative estimate of drug-likeness (QED) is 0.803. The van der Waals surface area contributed by atoms with Gasteiger partial charge < -0.3 is 15.8 Å². The summed E-state index contributed by atoms with van der Waals surface area (Å²) >= 11 is 0. The lowest BCUT2D eigenvalue weighted by atomic mass is 8.92. The number of ether oxygens (including phenoxy) is 1. The molecule has 0 atom stereocenters. The number of carbonyl (C=O) groups excluding carboxylic acids is 1. The van der Waals surface area contributed by atoms with Crippen LogP contribution in [0.25, 0.3) is 0 Å². The van der Waals surface area contributed by atoms with Crippen molar-refractivity contribution in [3.05, 3.63) is 0 Å². The maximum atomic E-state index is 11.8. The summed E-state index contributed by atoms with van der Waals surface area (Å²) in [6, 6.07) is 0. The number of rotatable bonds is 3. The number of nitrogens with one attached hydrogen (secondary N) is 1. The van der Waals surface area contributed by atoms with E-state index in [1.54, 1.807) is 0 Å². The zero-order valence-corrected chi connectivity index (χ0v) is 11.8. The van der Waals surface area contributed by atoms with Crippen LogP contribution in [-0.2, 0) is 4.74 Å². The molecule has 0 aromatic carbocycles. The highest BCUT2D eigenvalue weighted by molar-refractivity contribution is 5.68. The van der Waals surface area contributed by atoms with Crippen LogP contribution in [0.5, 0.6) is 0 Å². The van der Waals surface area contributed by atoms with Gasteiger partial charge in [-0.1, -0.05) is 0 Å². The van der Waals surface area contributed by atoms with E-state index in [0.717, 1.165) is 48.6 Å². The van der Waals surface area contributed by atoms with Crippen LogP contribution in [0.15, 0.2) is 0 Å². The largest absolute Gasteiger partial charge is 0.444 e. The van der Waals surface area contributed by atoms with E-state index < -0.39 is 5.60 Å². The third-order valence-electron chi connectivity index (χ3n) is 7.34. The van der Waals surface area contributed by atoms with Crippen LogP contribution >= 0.6 is 0 Å². The fourth-order valence-electron chi connectivity index (χ4n) is 7.28. The molecule has 6 aliphatic carbocycles. The van der Waals surface area contributed by atoms with Gasteiger partial charge in [-0.25, -0.2) is 4.79 Å². The lowest BCUT2D eigenvalue weighted by Gasteiger charge is -3.12. The molecule has 0 aromatic rings. The maximum absolute atomic E-state index is 11.8. The highest BCUT2D eigenvalue weighted by Crippen LogP contribution is 3.09. The third-order valence-corrected chi connectivity index (χ3v) is 7.34. The van der Waals surface area contributed by atoms with Gasteiger partial charge in [-0.2, -0.15) is 0 Å². The second kappa shape index (κ2) is 2.54. The van der Waals surface area contributed by atoms with Gasteiger partial charge in [-0.05, 0) is 73.7 Å². The minimum Gasteiger partial charge on any atom is -0.444 e. The first-order chi connectivity index (χ1) is 8.89. The molecule has 0 bridgehead atoms. The molecule has 0 aromatic heterocycles. The van der Waals surface area contributed by atoms with Crippen LogP contribution in [0, 0.1) is 46.3 Å². The Hall–Kier alpha value is -0.770. The third kappa shape index (κ3) is 0.745. The van der Waals surface area contributed by atoms with Crippen molar-refractivity contribution in [2.45, 2.75) is 26.4 Å². The maximum Gasteiger partial charge on any atom is 0.407 e. The molecule has 6 rings (SSSR count). The average Bonchev–Trinajstić information content (AvgIpc) is 2.34. The molecule has 4 heteroatoms. The number of nitrogens with two attached hydrogens (primary N) is 1. The van der Waals surface area contributed by atoms with Crippen molar-refractivity contribution < 1.29 is 9.53 Å². The summed E-state index contributed by atoms with van der Waals surface area (Å²) in [5.41, 5.74) is 6.64. The van der Waals surface area contributed by atoms with Gasteiger partial charge in [0.25, 0.3) is 0 Å². The van der Waals surface area contributed by atoms with Gasteiger partial charge in [0, 0.05) is 6.54 Å². The molecule has 0 saturated heterocycles. The van der Waals surface area contributed by atoms with Gasteiger partial charge in [-0.15, -0.1) is 0 Å². The highest BCUT2D eigenvalue weighted by atomic mass is 16.6. The molecule has 6 fully saturated rings. The van der Waals surface area contributed by atoms with Gasteiger partial charge >= 0.3 is 6.09 Å². The van der Waals surface area contributed by atoms with E-state index in [9.17, 15) is 4.79 Å². The number of hydrogen-bond acceptors (Lipinski definition) is 3. The summed E-state index contributed by atoms with van der Waals surface area (Å²) in [6.07, 6.45) is -0.255. The second-order valence-electron chi connectivity index (χ2n) is 8.44. The number of amides is 1. The first-order valence-electron chi connectivity index (χ1n) is 7.56. The summed E-state index contributed by atoms with van der Waals surface area (Å²) in [7, 11) is 0. The molecule has 0 unspecified atom stereocenters. The van der Waals surface area contributed by atoms with Crippen molar-refractivity contribution in [3.8, 4) is 0 Å². The predicted octanol–water partition coefficient (Wildman–Crippen LogP) is 1.21. The van der Waals surface area contributed by atoms with Crippen LogP contribution in [0.4, 0.5) is 4.79 Å². The summed E-state index contributed by atoms with van der Waals surface area (Å²) in [6.45, 7) is 7.46. The zero-order chi connectivity index (χ0) is 13.4. The van der Waals surface area contributed by atoms with Crippen molar-refractivity contribution in [1.82, 2.24) is 5.32 Å². The fraction of sp³-hybridized carbons (Fsp3) is 0.933. The van der Waals surface area contributed by atoms with Crippen LogP contribution < -0.4 is 11.1 Å². The van der Waals surface area contributed by atoms with Crippen molar-refractivity contribution in [2.24, 2.45) is 52.1 Å². The Kier molecular flexibility index (Phi) is 1.47. The summed E-state index contributed by atoms with van der Waals surface area (Å²) in [5, 5.41) is 3.01. The lowest BCUT2D eigenvalue weighted by Crippen LogP contribution is -3.11. The van der Waals surface area contributed by atoms with E-state index in [1.165, 1.54) is 0 Å². The molecular weight excluding hydrogens is 240 g/mol. The number of hydrogen-bond donors (Lipinski definition) is 2. The summed E-state index contributed by atoms with van der Waals surface area (Å²) in [4.78, 5) is 11.8. The average molecular weight is 262 g/mol. The molecule has 4 nitrogen and oxygen atoms in total. The first-order valence-corrected chi connectivity index (χ1v) is 7.56. The fourth-order valence-corrected chi connectivity index (χ4v) is 7.28. The van der Waals surface area contributed by atoms with Gasteiger partial charge in [0.15, 0.2) is 0 Å². The van der Waals surface area contributed by atoms with Crippen molar-refractivity contribution in [2.75, 3.05) is 13.1 Å². The molecule has 6 aliphatic rings. The molecule has 1 amide bonds. The molecule has 0 spiro atoms. The highest BCUT2D eigenvalue weighted by Gasteiger charge is 3.08. The number of alkyl carbamates (subject to hydrolysis) is 1. The molecule has 0 radical (unpaired) electrons. The Labute approximate surface area is 113 Å². The Balaban J connectivity index is 1.23. The van der Waals surface area contributed by atoms with Gasteiger partial charge in [0.05, 0.1) is 0 Å². The predicted molar refractivity (Wildman–Crippen MR) is 69.1 cm³/mol. The van der Waals surface area contributed by atoms with Gasteiger partial charge in [0.2, 0.25) is 0 Å². The molecule has 104 valence electrons. The first kappa shape index (κ1) is 11.0. The second-order valence-corrected chi connectivity index (χ2v) is 8.44. The molecule has 19 heavy (non-hydrogen) atoms. The van der Waals surface area contributed by atoms with Gasteiger partial charge in [-0.3, -0.25) is 0 Å². The van der Waals surface area contributed by atoms with E-state index in [0.29, 0.717) is 10.8 Å². The Morgan fingerprint density at radius 2 is 1.58 bits per heavy atom. The molecule has 0 heterocycles. The van der Waals surface area contributed by atoms with Crippen LogP contribution in [0.2, 0.25) is 0 Å². The molecule has 6 saturated carbocycles. The molecule has 3 N–H and O–H groups in total.